The largest absolute Gasteiger partial charge is 0.446 e. The summed E-state index contributed by atoms with van der Waals surface area (Å²) in [5, 5.41) is 10.4. The molecule has 27 heavy (non-hydrogen) atoms. The first-order valence-electron chi connectivity index (χ1n) is 7.94. The molecule has 2 aromatic heterocycles. The molecule has 0 saturated heterocycles. The lowest BCUT2D eigenvalue weighted by Crippen LogP contribution is -2.39. The number of rotatable bonds is 6. The van der Waals surface area contributed by atoms with Gasteiger partial charge in [-0.25, -0.2) is 4.79 Å². The molecule has 0 aliphatic heterocycles. The number of urea groups is 1. The van der Waals surface area contributed by atoms with E-state index in [1.54, 1.807) is 19.1 Å². The van der Waals surface area contributed by atoms with E-state index in [1.165, 1.54) is 11.8 Å². The Morgan fingerprint density at radius 3 is 2.63 bits per heavy atom. The van der Waals surface area contributed by atoms with Crippen molar-refractivity contribution in [2.75, 3.05) is 0 Å². The van der Waals surface area contributed by atoms with Crippen molar-refractivity contribution in [2.45, 2.75) is 23.9 Å². The first kappa shape index (κ1) is 19.2. The number of furan rings is 1. The third-order valence-electron chi connectivity index (χ3n) is 3.59. The van der Waals surface area contributed by atoms with E-state index in [9.17, 15) is 9.59 Å². The summed E-state index contributed by atoms with van der Waals surface area (Å²) in [5.74, 6) is 0.588. The lowest BCUT2D eigenvalue weighted by Gasteiger charge is -2.12. The average Bonchev–Trinajstić information content (AvgIpc) is 3.22. The predicted molar refractivity (Wildman–Crippen MR) is 104 cm³/mol. The Kier molecular flexibility index (Phi) is 5.97. The van der Waals surface area contributed by atoms with Crippen molar-refractivity contribution in [3.05, 3.63) is 52.7 Å². The molecule has 3 N–H and O–H groups in total. The summed E-state index contributed by atoms with van der Waals surface area (Å²) in [5.41, 5.74) is 6.05. The normalized spacial score (nSPS) is 11.9. The van der Waals surface area contributed by atoms with Crippen molar-refractivity contribution in [2.24, 2.45) is 5.73 Å². The Morgan fingerprint density at radius 1 is 1.26 bits per heavy atom. The summed E-state index contributed by atoms with van der Waals surface area (Å²) in [6, 6.07) is 12.5. The van der Waals surface area contributed by atoms with Gasteiger partial charge in [-0.05, 0) is 40.5 Å². The molecule has 0 saturated carbocycles. The number of thioether (sulfide) groups is 1. The van der Waals surface area contributed by atoms with Crippen molar-refractivity contribution in [3.63, 3.8) is 0 Å². The van der Waals surface area contributed by atoms with Crippen LogP contribution in [0.2, 0.25) is 0 Å². The van der Waals surface area contributed by atoms with Crippen LogP contribution in [-0.4, -0.2) is 32.0 Å². The molecule has 1 aromatic carbocycles. The quantitative estimate of drug-likeness (QED) is 0.558. The number of amides is 3. The van der Waals surface area contributed by atoms with Crippen LogP contribution in [0.25, 0.3) is 11.6 Å². The molecular formula is C17H16BrN5O3S. The second-order valence-corrected chi connectivity index (χ2v) is 7.68. The number of hydrogen-bond donors (Lipinski definition) is 2. The summed E-state index contributed by atoms with van der Waals surface area (Å²) in [4.78, 5) is 22.9. The predicted octanol–water partition coefficient (Wildman–Crippen LogP) is 3.02. The van der Waals surface area contributed by atoms with Crippen LogP contribution in [-0.2, 0) is 11.3 Å². The van der Waals surface area contributed by atoms with Gasteiger partial charge in [-0.3, -0.25) is 14.7 Å². The van der Waals surface area contributed by atoms with Crippen molar-refractivity contribution in [1.29, 1.82) is 0 Å². The third-order valence-corrected chi connectivity index (χ3v) is 5.10. The molecular weight excluding hydrogens is 434 g/mol. The van der Waals surface area contributed by atoms with E-state index in [0.29, 0.717) is 28.0 Å². The van der Waals surface area contributed by atoms with Crippen LogP contribution in [0.15, 0.2) is 56.7 Å². The molecule has 140 valence electrons. The van der Waals surface area contributed by atoms with Gasteiger partial charge >= 0.3 is 6.03 Å². The van der Waals surface area contributed by atoms with Gasteiger partial charge in [0.25, 0.3) is 0 Å². The van der Waals surface area contributed by atoms with Crippen molar-refractivity contribution >= 4 is 39.6 Å². The Balaban J connectivity index is 1.92. The van der Waals surface area contributed by atoms with Crippen molar-refractivity contribution < 1.29 is 14.0 Å². The van der Waals surface area contributed by atoms with Gasteiger partial charge in [-0.1, -0.05) is 42.1 Å². The number of nitrogens with zero attached hydrogens (tertiary/aromatic N) is 3. The van der Waals surface area contributed by atoms with E-state index in [4.69, 9.17) is 10.2 Å². The topological polar surface area (TPSA) is 116 Å². The number of carbonyl (C=O) groups excluding carboxylic acids is 2. The molecule has 8 nitrogen and oxygen atoms in total. The van der Waals surface area contributed by atoms with Crippen LogP contribution in [0.5, 0.6) is 0 Å². The molecule has 2 heterocycles. The number of nitrogens with two attached hydrogens (primary N) is 1. The molecule has 10 heteroatoms. The smallest absolute Gasteiger partial charge is 0.318 e. The molecule has 3 rings (SSSR count). The minimum Gasteiger partial charge on any atom is -0.446 e. The van der Waals surface area contributed by atoms with Gasteiger partial charge in [0.2, 0.25) is 11.7 Å². The summed E-state index contributed by atoms with van der Waals surface area (Å²) >= 11 is 4.46. The number of benzene rings is 1. The van der Waals surface area contributed by atoms with Gasteiger partial charge in [-0.2, -0.15) is 0 Å². The zero-order chi connectivity index (χ0) is 19.4. The summed E-state index contributed by atoms with van der Waals surface area (Å²) < 4.78 is 8.05. The minimum atomic E-state index is -0.890. The van der Waals surface area contributed by atoms with Crippen molar-refractivity contribution in [1.82, 2.24) is 20.1 Å². The zero-order valence-corrected chi connectivity index (χ0v) is 16.7. The highest BCUT2D eigenvalue weighted by molar-refractivity contribution is 9.10. The third kappa shape index (κ3) is 4.77. The van der Waals surface area contributed by atoms with Crippen LogP contribution in [0.1, 0.15) is 12.5 Å². The first-order valence-corrected chi connectivity index (χ1v) is 9.61. The van der Waals surface area contributed by atoms with E-state index in [0.717, 1.165) is 5.56 Å². The summed E-state index contributed by atoms with van der Waals surface area (Å²) in [6.45, 7) is 2.15. The molecule has 0 bridgehead atoms. The Labute approximate surface area is 167 Å². The van der Waals surface area contributed by atoms with Crippen LogP contribution >= 0.6 is 27.7 Å². The highest BCUT2D eigenvalue weighted by Gasteiger charge is 2.23. The first-order chi connectivity index (χ1) is 12.9. The fourth-order valence-electron chi connectivity index (χ4n) is 2.34. The van der Waals surface area contributed by atoms with Gasteiger partial charge in [0.1, 0.15) is 0 Å². The SMILES string of the molecule is CC(Sc1nnc(-c2ccc(Br)o2)n1Cc1ccccc1)C(=O)NC(N)=O. The number of aromatic nitrogens is 3. The Bertz CT molecular complexity index is 957. The molecule has 0 spiro atoms. The van der Waals surface area contributed by atoms with E-state index >= 15 is 0 Å². The minimum absolute atomic E-state index is 0.494. The number of carbonyl (C=O) groups is 2. The molecule has 3 amide bonds. The monoisotopic (exact) mass is 449 g/mol. The fraction of sp³-hybridized carbons (Fsp3) is 0.176. The Morgan fingerprint density at radius 2 is 2.00 bits per heavy atom. The van der Waals surface area contributed by atoms with Crippen LogP contribution < -0.4 is 11.1 Å². The average molecular weight is 450 g/mol. The van der Waals surface area contributed by atoms with Crippen LogP contribution in [0.3, 0.4) is 0 Å². The molecule has 0 radical (unpaired) electrons. The maximum Gasteiger partial charge on any atom is 0.318 e. The van der Waals surface area contributed by atoms with Gasteiger partial charge in [0.05, 0.1) is 11.8 Å². The molecule has 3 aromatic rings. The molecule has 0 aliphatic carbocycles. The fourth-order valence-corrected chi connectivity index (χ4v) is 3.49. The highest BCUT2D eigenvalue weighted by Crippen LogP contribution is 2.29. The van der Waals surface area contributed by atoms with Crippen molar-refractivity contribution in [3.8, 4) is 11.6 Å². The standard InChI is InChI=1S/C17H16BrN5O3S/c1-10(15(24)20-16(19)25)27-17-22-21-14(12-7-8-13(18)26-12)23(17)9-11-5-3-2-4-6-11/h2-8,10H,9H2,1H3,(H3,19,20,24,25). The maximum atomic E-state index is 12.0. The molecule has 0 fully saturated rings. The molecule has 1 unspecified atom stereocenters. The van der Waals surface area contributed by atoms with Crippen LogP contribution in [0, 0.1) is 0 Å². The van der Waals surface area contributed by atoms with Gasteiger partial charge in [0, 0.05) is 0 Å². The summed E-state index contributed by atoms with van der Waals surface area (Å²) in [6.07, 6.45) is 0. The zero-order valence-electron chi connectivity index (χ0n) is 14.3. The van der Waals surface area contributed by atoms with Crippen LogP contribution in [0.4, 0.5) is 4.79 Å². The van der Waals surface area contributed by atoms with Gasteiger partial charge < -0.3 is 10.2 Å². The van der Waals surface area contributed by atoms with E-state index < -0.39 is 17.2 Å². The highest BCUT2D eigenvalue weighted by atomic mass is 79.9. The lowest BCUT2D eigenvalue weighted by molar-refractivity contribution is -0.119. The number of halogens is 1. The van der Waals surface area contributed by atoms with E-state index in [-0.39, 0.29) is 0 Å². The second-order valence-electron chi connectivity index (χ2n) is 5.60. The number of primary amides is 1. The van der Waals surface area contributed by atoms with E-state index in [2.05, 4.69) is 31.4 Å². The lowest BCUT2D eigenvalue weighted by atomic mass is 10.2. The summed E-state index contributed by atoms with van der Waals surface area (Å²) in [7, 11) is 0. The number of nitrogens with one attached hydrogen (secondary N) is 1. The maximum absolute atomic E-state index is 12.0. The van der Waals surface area contributed by atoms with E-state index in [1.807, 2.05) is 34.9 Å². The van der Waals surface area contributed by atoms with Gasteiger partial charge in [-0.15, -0.1) is 10.2 Å². The number of hydrogen-bond acceptors (Lipinski definition) is 6. The van der Waals surface area contributed by atoms with Gasteiger partial charge in [0.15, 0.2) is 15.6 Å². The second kappa shape index (κ2) is 8.40. The molecule has 0 aliphatic rings. The Hall–Kier alpha value is -2.59. The number of imide groups is 1. The molecule has 1 atom stereocenters.